The second-order valence-corrected chi connectivity index (χ2v) is 8.94. The van der Waals surface area contributed by atoms with E-state index in [0.717, 1.165) is 12.8 Å². The zero-order valence-corrected chi connectivity index (χ0v) is 16.5. The van der Waals surface area contributed by atoms with E-state index in [1.807, 2.05) is 26.0 Å². The van der Waals surface area contributed by atoms with Crippen LogP contribution in [0.3, 0.4) is 0 Å². The van der Waals surface area contributed by atoms with Gasteiger partial charge in [0, 0.05) is 19.6 Å². The molecule has 1 heterocycles. The number of benzene rings is 1. The first kappa shape index (κ1) is 20.5. The van der Waals surface area contributed by atoms with Crippen molar-refractivity contribution >= 4 is 21.7 Å². The van der Waals surface area contributed by atoms with Crippen molar-refractivity contribution in [1.82, 2.24) is 9.62 Å². The van der Waals surface area contributed by atoms with Crippen LogP contribution >= 0.6 is 0 Å². The molecule has 1 aliphatic heterocycles. The van der Waals surface area contributed by atoms with E-state index in [1.165, 1.54) is 0 Å². The minimum absolute atomic E-state index is 0.105. The maximum atomic E-state index is 12.4. The molecule has 2 rings (SSSR count). The molecule has 2 N–H and O–H groups in total. The number of carbonyl (C=O) groups excluding carboxylic acids is 1. The molecule has 0 atom stereocenters. The number of ether oxygens (including phenoxy) is 1. The van der Waals surface area contributed by atoms with Crippen LogP contribution in [0.5, 0.6) is 5.75 Å². The topological polar surface area (TPSA) is 87.7 Å². The molecular formula is C18H29N3O4S. The van der Waals surface area contributed by atoms with Crippen molar-refractivity contribution in [3.05, 3.63) is 24.3 Å². The first-order valence-electron chi connectivity index (χ1n) is 8.97. The van der Waals surface area contributed by atoms with Crippen molar-refractivity contribution in [3.8, 4) is 5.75 Å². The summed E-state index contributed by atoms with van der Waals surface area (Å²) in [6.07, 6.45) is 1.56. The highest BCUT2D eigenvalue weighted by Gasteiger charge is 2.24. The number of hydrogen-bond acceptors (Lipinski definition) is 4. The molecule has 1 aromatic carbocycles. The van der Waals surface area contributed by atoms with Gasteiger partial charge in [-0.3, -0.25) is 0 Å². The van der Waals surface area contributed by atoms with Gasteiger partial charge in [0.1, 0.15) is 5.75 Å². The van der Waals surface area contributed by atoms with Crippen LogP contribution in [0.4, 0.5) is 10.5 Å². The van der Waals surface area contributed by atoms with Crippen LogP contribution in [0.25, 0.3) is 0 Å². The van der Waals surface area contributed by atoms with Crippen molar-refractivity contribution in [2.45, 2.75) is 26.7 Å². The van der Waals surface area contributed by atoms with Crippen LogP contribution in [0.15, 0.2) is 24.3 Å². The Balaban J connectivity index is 1.80. The van der Waals surface area contributed by atoms with Gasteiger partial charge in [0.15, 0.2) is 0 Å². The van der Waals surface area contributed by atoms with Crippen molar-refractivity contribution in [2.24, 2.45) is 11.8 Å². The highest BCUT2D eigenvalue weighted by molar-refractivity contribution is 7.89. The predicted molar refractivity (Wildman–Crippen MR) is 103 cm³/mol. The smallest absolute Gasteiger partial charge is 0.321 e. The fraction of sp³-hybridized carbons (Fsp3) is 0.611. The molecule has 0 spiro atoms. The van der Waals surface area contributed by atoms with Crippen LogP contribution in [0.2, 0.25) is 0 Å². The molecule has 0 radical (unpaired) electrons. The zero-order chi connectivity index (χ0) is 19.2. The van der Waals surface area contributed by atoms with Crippen molar-refractivity contribution in [3.63, 3.8) is 0 Å². The minimum atomic E-state index is -3.22. The number of rotatable bonds is 7. The number of sulfonamides is 1. The molecular weight excluding hydrogens is 354 g/mol. The Morgan fingerprint density at radius 2 is 1.92 bits per heavy atom. The number of carbonyl (C=O) groups is 1. The van der Waals surface area contributed by atoms with Gasteiger partial charge in [-0.25, -0.2) is 17.9 Å². The number of amides is 2. The standard InChI is InChI=1S/C18H29N3O4S/c1-14(2)13-26(23,24)19-12-15-8-10-21(11-9-15)18(22)20-16-6-4-5-7-17(16)25-3/h4-7,14-15,19H,8-13H2,1-3H3,(H,20,22). The lowest BCUT2D eigenvalue weighted by atomic mass is 9.97. The molecule has 7 nitrogen and oxygen atoms in total. The lowest BCUT2D eigenvalue weighted by molar-refractivity contribution is 0.183. The first-order chi connectivity index (χ1) is 12.3. The second kappa shape index (κ2) is 9.23. The van der Waals surface area contributed by atoms with Gasteiger partial charge < -0.3 is 15.0 Å². The Labute approximate surface area is 156 Å². The van der Waals surface area contributed by atoms with Gasteiger partial charge in [-0.1, -0.05) is 26.0 Å². The first-order valence-corrected chi connectivity index (χ1v) is 10.6. The van der Waals surface area contributed by atoms with Gasteiger partial charge >= 0.3 is 6.03 Å². The summed E-state index contributed by atoms with van der Waals surface area (Å²) in [7, 11) is -1.65. The normalized spacial score (nSPS) is 15.9. The molecule has 1 aromatic rings. The van der Waals surface area contributed by atoms with Gasteiger partial charge in [-0.15, -0.1) is 0 Å². The lowest BCUT2D eigenvalue weighted by Crippen LogP contribution is -2.43. The zero-order valence-electron chi connectivity index (χ0n) is 15.7. The second-order valence-electron chi connectivity index (χ2n) is 7.08. The number of para-hydroxylation sites is 2. The summed E-state index contributed by atoms with van der Waals surface area (Å²) in [5, 5.41) is 2.87. The Kier molecular flexibility index (Phi) is 7.28. The van der Waals surface area contributed by atoms with E-state index in [4.69, 9.17) is 4.74 Å². The van der Waals surface area contributed by atoms with Crippen molar-refractivity contribution in [1.29, 1.82) is 0 Å². The molecule has 0 aliphatic carbocycles. The number of nitrogens with one attached hydrogen (secondary N) is 2. The number of likely N-dealkylation sites (tertiary alicyclic amines) is 1. The number of methoxy groups -OCH3 is 1. The number of anilines is 1. The van der Waals surface area contributed by atoms with Crippen LogP contribution < -0.4 is 14.8 Å². The number of piperidine rings is 1. The fourth-order valence-corrected chi connectivity index (χ4v) is 4.51. The fourth-order valence-electron chi connectivity index (χ4n) is 3.02. The van der Waals surface area contributed by atoms with E-state index >= 15 is 0 Å². The van der Waals surface area contributed by atoms with Gasteiger partial charge in [0.2, 0.25) is 10.0 Å². The van der Waals surface area contributed by atoms with Crippen LogP contribution in [0.1, 0.15) is 26.7 Å². The third-order valence-electron chi connectivity index (χ3n) is 4.39. The third kappa shape index (κ3) is 6.17. The number of urea groups is 1. The molecule has 8 heteroatoms. The average Bonchev–Trinajstić information content (AvgIpc) is 2.60. The molecule has 0 saturated carbocycles. The molecule has 1 saturated heterocycles. The summed E-state index contributed by atoms with van der Waals surface area (Å²) in [6, 6.07) is 7.12. The van der Waals surface area contributed by atoms with Crippen LogP contribution in [0, 0.1) is 11.8 Å². The average molecular weight is 384 g/mol. The Bertz CT molecular complexity index is 698. The molecule has 0 bridgehead atoms. The maximum absolute atomic E-state index is 12.4. The summed E-state index contributed by atoms with van der Waals surface area (Å²) < 4.78 is 31.8. The number of hydrogen-bond donors (Lipinski definition) is 2. The van der Waals surface area contributed by atoms with Gasteiger partial charge in [-0.2, -0.15) is 0 Å². The minimum Gasteiger partial charge on any atom is -0.495 e. The molecule has 2 amide bonds. The molecule has 0 unspecified atom stereocenters. The van der Waals surface area contributed by atoms with Crippen LogP contribution in [-0.2, 0) is 10.0 Å². The highest BCUT2D eigenvalue weighted by atomic mass is 32.2. The van der Waals surface area contributed by atoms with Gasteiger partial charge in [0.05, 0.1) is 18.6 Å². The van der Waals surface area contributed by atoms with E-state index in [9.17, 15) is 13.2 Å². The van der Waals surface area contributed by atoms with E-state index in [2.05, 4.69) is 10.0 Å². The summed E-state index contributed by atoms with van der Waals surface area (Å²) in [6.45, 7) is 5.43. The lowest BCUT2D eigenvalue weighted by Gasteiger charge is -2.32. The molecule has 1 fully saturated rings. The Morgan fingerprint density at radius 3 is 2.54 bits per heavy atom. The van der Waals surface area contributed by atoms with Crippen molar-refractivity contribution < 1.29 is 17.9 Å². The van der Waals surface area contributed by atoms with E-state index < -0.39 is 10.0 Å². The van der Waals surface area contributed by atoms with E-state index in [1.54, 1.807) is 24.1 Å². The summed E-state index contributed by atoms with van der Waals surface area (Å²) in [5.74, 6) is 1.13. The summed E-state index contributed by atoms with van der Waals surface area (Å²) in [5.41, 5.74) is 0.642. The Morgan fingerprint density at radius 1 is 1.27 bits per heavy atom. The van der Waals surface area contributed by atoms with E-state index in [0.29, 0.717) is 31.1 Å². The highest BCUT2D eigenvalue weighted by Crippen LogP contribution is 2.24. The van der Waals surface area contributed by atoms with Gasteiger partial charge in [0.25, 0.3) is 0 Å². The molecule has 26 heavy (non-hydrogen) atoms. The summed E-state index contributed by atoms with van der Waals surface area (Å²) >= 11 is 0. The van der Waals surface area contributed by atoms with E-state index in [-0.39, 0.29) is 23.6 Å². The predicted octanol–water partition coefficient (Wildman–Crippen LogP) is 2.51. The van der Waals surface area contributed by atoms with Crippen molar-refractivity contribution in [2.75, 3.05) is 37.8 Å². The summed E-state index contributed by atoms with van der Waals surface area (Å²) in [4.78, 5) is 14.2. The Hall–Kier alpha value is -1.80. The maximum Gasteiger partial charge on any atom is 0.321 e. The third-order valence-corrected chi connectivity index (χ3v) is 6.11. The molecule has 0 aromatic heterocycles. The quantitative estimate of drug-likeness (QED) is 0.757. The largest absolute Gasteiger partial charge is 0.495 e. The van der Waals surface area contributed by atoms with Crippen LogP contribution in [-0.4, -0.2) is 51.8 Å². The number of nitrogens with zero attached hydrogens (tertiary/aromatic N) is 1. The molecule has 1 aliphatic rings. The SMILES string of the molecule is COc1ccccc1NC(=O)N1CCC(CNS(=O)(=O)CC(C)C)CC1. The molecule has 146 valence electrons. The monoisotopic (exact) mass is 383 g/mol. The van der Waals surface area contributed by atoms with Gasteiger partial charge in [-0.05, 0) is 36.8 Å².